The molecule has 6 rings (SSSR count). The van der Waals surface area contributed by atoms with Crippen molar-refractivity contribution in [3.05, 3.63) is 174 Å². The second kappa shape index (κ2) is 17.1. The molecule has 1 heterocycles. The molecule has 0 saturated heterocycles. The van der Waals surface area contributed by atoms with Crippen LogP contribution in [0.15, 0.2) is 152 Å². The van der Waals surface area contributed by atoms with Gasteiger partial charge in [0.1, 0.15) is 0 Å². The summed E-state index contributed by atoms with van der Waals surface area (Å²) in [7, 11) is 0. The Balaban J connectivity index is 1.36. The molecule has 0 spiro atoms. The standard InChI is InChI=1S/C37H33N5S4/c1-6-16-30(17-7-1)26-43-41(44-27-31-18-8-2-9-19-31)36-38-35(34-24-14-5-15-25-34)39-37(40-36)42(45-28-32-20-10-3-11-21-32)46-29-33-22-12-4-13-23-33/h1-25H,26-29H2. The normalized spacial score (nSPS) is 10.9. The maximum absolute atomic E-state index is 5.16. The van der Waals surface area contributed by atoms with Crippen molar-refractivity contribution in [3.63, 3.8) is 0 Å². The largest absolute Gasteiger partial charge is 0.251 e. The summed E-state index contributed by atoms with van der Waals surface area (Å²) in [6, 6.07) is 52.3. The van der Waals surface area contributed by atoms with Crippen LogP contribution in [0.4, 0.5) is 11.9 Å². The number of nitrogens with zero attached hydrogens (tertiary/aromatic N) is 5. The van der Waals surface area contributed by atoms with E-state index in [9.17, 15) is 0 Å². The summed E-state index contributed by atoms with van der Waals surface area (Å²) in [6.07, 6.45) is 0. The molecule has 0 radical (unpaired) electrons. The third-order valence-corrected chi connectivity index (χ3v) is 11.4. The third kappa shape index (κ3) is 9.56. The first-order valence-corrected chi connectivity index (χ1v) is 18.7. The molecule has 230 valence electrons. The lowest BCUT2D eigenvalue weighted by Crippen LogP contribution is -2.16. The zero-order chi connectivity index (χ0) is 31.2. The van der Waals surface area contributed by atoms with E-state index >= 15 is 0 Å². The van der Waals surface area contributed by atoms with E-state index < -0.39 is 0 Å². The van der Waals surface area contributed by atoms with Gasteiger partial charge in [-0.15, -0.1) is 0 Å². The van der Waals surface area contributed by atoms with Crippen LogP contribution in [0.5, 0.6) is 0 Å². The molecule has 6 aromatic rings. The highest BCUT2D eigenvalue weighted by Crippen LogP contribution is 2.37. The van der Waals surface area contributed by atoms with E-state index in [1.807, 2.05) is 18.2 Å². The average Bonchev–Trinajstić information content (AvgIpc) is 3.13. The lowest BCUT2D eigenvalue weighted by Gasteiger charge is -2.24. The molecule has 0 fully saturated rings. The number of hydrogen-bond donors (Lipinski definition) is 0. The van der Waals surface area contributed by atoms with Crippen LogP contribution in [-0.4, -0.2) is 15.0 Å². The van der Waals surface area contributed by atoms with Crippen molar-refractivity contribution in [2.75, 3.05) is 7.42 Å². The minimum absolute atomic E-state index is 0.622. The minimum atomic E-state index is 0.622. The van der Waals surface area contributed by atoms with Crippen LogP contribution in [0.1, 0.15) is 22.3 Å². The molecule has 5 aromatic carbocycles. The smallest absolute Gasteiger partial charge is 0.224 e. The van der Waals surface area contributed by atoms with E-state index in [0.717, 1.165) is 28.6 Å². The molecule has 0 aliphatic carbocycles. The van der Waals surface area contributed by atoms with Gasteiger partial charge in [0.05, 0.1) is 0 Å². The number of anilines is 2. The molecule has 0 unspecified atom stereocenters. The molecule has 0 bridgehead atoms. The summed E-state index contributed by atoms with van der Waals surface area (Å²) in [5.41, 5.74) is 5.93. The minimum Gasteiger partial charge on any atom is -0.224 e. The van der Waals surface area contributed by atoms with Gasteiger partial charge in [0.15, 0.2) is 5.82 Å². The maximum Gasteiger partial charge on any atom is 0.251 e. The van der Waals surface area contributed by atoms with Gasteiger partial charge in [0.2, 0.25) is 0 Å². The fourth-order valence-corrected chi connectivity index (χ4v) is 8.22. The Hall–Kier alpha value is -3.89. The van der Waals surface area contributed by atoms with Crippen molar-refractivity contribution in [2.24, 2.45) is 0 Å². The van der Waals surface area contributed by atoms with E-state index in [0.29, 0.717) is 17.7 Å². The second-order valence-electron chi connectivity index (χ2n) is 10.2. The van der Waals surface area contributed by atoms with Gasteiger partial charge >= 0.3 is 0 Å². The second-order valence-corrected chi connectivity index (χ2v) is 14.3. The molecule has 5 nitrogen and oxygen atoms in total. The van der Waals surface area contributed by atoms with Gasteiger partial charge in [0, 0.05) is 28.6 Å². The Morgan fingerprint density at radius 1 is 0.348 bits per heavy atom. The summed E-state index contributed by atoms with van der Waals surface area (Å²) >= 11 is 6.81. The fraction of sp³-hybridized carbons (Fsp3) is 0.108. The average molecular weight is 676 g/mol. The molecule has 0 aliphatic rings. The summed E-state index contributed by atoms with van der Waals surface area (Å²) in [4.78, 5) is 15.3. The Morgan fingerprint density at radius 3 is 0.935 bits per heavy atom. The molecule has 0 amide bonds. The number of benzene rings is 5. The summed E-state index contributed by atoms with van der Waals surface area (Å²) in [6.45, 7) is 0. The molecule has 46 heavy (non-hydrogen) atoms. The van der Waals surface area contributed by atoms with E-state index in [2.05, 4.69) is 141 Å². The van der Waals surface area contributed by atoms with Gasteiger partial charge in [-0.3, -0.25) is 0 Å². The summed E-state index contributed by atoms with van der Waals surface area (Å²) in [5.74, 6) is 5.06. The topological polar surface area (TPSA) is 45.2 Å². The van der Waals surface area contributed by atoms with E-state index in [1.54, 1.807) is 47.8 Å². The van der Waals surface area contributed by atoms with Crippen LogP contribution in [0.2, 0.25) is 0 Å². The molecule has 0 saturated carbocycles. The summed E-state index contributed by atoms with van der Waals surface area (Å²) < 4.78 is 4.30. The predicted molar refractivity (Wildman–Crippen MR) is 201 cm³/mol. The first kappa shape index (κ1) is 32.1. The quantitative estimate of drug-likeness (QED) is 0.0990. The molecule has 9 heteroatoms. The van der Waals surface area contributed by atoms with Crippen molar-refractivity contribution < 1.29 is 0 Å². The highest BCUT2D eigenvalue weighted by atomic mass is 32.2. The van der Waals surface area contributed by atoms with Gasteiger partial charge < -0.3 is 0 Å². The van der Waals surface area contributed by atoms with Gasteiger partial charge in [-0.2, -0.15) is 15.0 Å². The SMILES string of the molecule is c1ccc(CSN(SCc2ccccc2)c2nc(-c3ccccc3)nc(N(SCc3ccccc3)SCc3ccccc3)n2)cc1. The van der Waals surface area contributed by atoms with Crippen molar-refractivity contribution in [3.8, 4) is 11.4 Å². The zero-order valence-corrected chi connectivity index (χ0v) is 28.4. The number of rotatable bonds is 15. The lowest BCUT2D eigenvalue weighted by molar-refractivity contribution is 1.06. The van der Waals surface area contributed by atoms with Gasteiger partial charge in [-0.05, 0) is 70.0 Å². The van der Waals surface area contributed by atoms with Gasteiger partial charge in [-0.25, -0.2) is 7.42 Å². The Bertz CT molecular complexity index is 1550. The molecular formula is C37H33N5S4. The molecule has 0 atom stereocenters. The molecule has 0 aliphatic heterocycles. The number of aromatic nitrogens is 3. The highest BCUT2D eigenvalue weighted by Gasteiger charge is 2.21. The first-order valence-electron chi connectivity index (χ1n) is 14.9. The van der Waals surface area contributed by atoms with Gasteiger partial charge in [0.25, 0.3) is 11.9 Å². The van der Waals surface area contributed by atoms with Crippen LogP contribution < -0.4 is 7.42 Å². The lowest BCUT2D eigenvalue weighted by atomic mass is 10.2. The van der Waals surface area contributed by atoms with Crippen LogP contribution in [0.25, 0.3) is 11.4 Å². The number of hydrogen-bond acceptors (Lipinski definition) is 9. The highest BCUT2D eigenvalue weighted by molar-refractivity contribution is 8.17. The van der Waals surface area contributed by atoms with E-state index in [-0.39, 0.29) is 0 Å². The van der Waals surface area contributed by atoms with Crippen LogP contribution in [-0.2, 0) is 23.0 Å². The van der Waals surface area contributed by atoms with Crippen molar-refractivity contribution in [1.82, 2.24) is 15.0 Å². The fourth-order valence-electron chi connectivity index (χ4n) is 4.37. The predicted octanol–water partition coefficient (Wildman–Crippen LogP) is 10.5. The van der Waals surface area contributed by atoms with Crippen LogP contribution >= 0.6 is 47.8 Å². The van der Waals surface area contributed by atoms with Crippen LogP contribution in [0.3, 0.4) is 0 Å². The zero-order valence-electron chi connectivity index (χ0n) is 25.1. The monoisotopic (exact) mass is 675 g/mol. The van der Waals surface area contributed by atoms with Crippen molar-refractivity contribution in [2.45, 2.75) is 23.0 Å². The maximum atomic E-state index is 5.16. The third-order valence-electron chi connectivity index (χ3n) is 6.74. The Morgan fingerprint density at radius 2 is 0.630 bits per heavy atom. The Labute approximate surface area is 288 Å². The van der Waals surface area contributed by atoms with E-state index in [4.69, 9.17) is 15.0 Å². The van der Waals surface area contributed by atoms with E-state index in [1.165, 1.54) is 22.3 Å². The van der Waals surface area contributed by atoms with Gasteiger partial charge in [-0.1, -0.05) is 152 Å². The van der Waals surface area contributed by atoms with Crippen molar-refractivity contribution in [1.29, 1.82) is 0 Å². The molecular weight excluding hydrogens is 643 g/mol. The van der Waals surface area contributed by atoms with Crippen molar-refractivity contribution >= 4 is 59.7 Å². The summed E-state index contributed by atoms with van der Waals surface area (Å²) in [5, 5.41) is 0. The first-order chi connectivity index (χ1) is 22.8. The molecule has 0 N–H and O–H groups in total. The van der Waals surface area contributed by atoms with Crippen LogP contribution in [0, 0.1) is 0 Å². The Kier molecular flexibility index (Phi) is 12.0. The molecule has 1 aromatic heterocycles.